The Balaban J connectivity index is 3.00. The average Bonchev–Trinajstić information content (AvgIpc) is 2.65. The van der Waals surface area contributed by atoms with E-state index in [-0.39, 0.29) is 24.3 Å². The van der Waals surface area contributed by atoms with Crippen molar-refractivity contribution >= 4 is 11.9 Å². The van der Waals surface area contributed by atoms with Gasteiger partial charge in [-0.15, -0.1) is 0 Å². The summed E-state index contributed by atoms with van der Waals surface area (Å²) in [7, 11) is 0. The van der Waals surface area contributed by atoms with Crippen LogP contribution < -0.4 is 11.1 Å². The van der Waals surface area contributed by atoms with Gasteiger partial charge in [0.2, 0.25) is 5.91 Å². The molecule has 20 heavy (non-hydrogen) atoms. The van der Waals surface area contributed by atoms with Crippen molar-refractivity contribution in [2.24, 2.45) is 23.5 Å². The van der Waals surface area contributed by atoms with E-state index in [1.807, 2.05) is 13.8 Å². The fourth-order valence-electron chi connectivity index (χ4n) is 3.40. The Kier molecular flexibility index (Phi) is 5.95. The van der Waals surface area contributed by atoms with Gasteiger partial charge in [0.05, 0.1) is 12.0 Å². The number of nitrogens with two attached hydrogens (primary N) is 1. The number of nitrogens with one attached hydrogen (secondary N) is 1. The van der Waals surface area contributed by atoms with Gasteiger partial charge in [-0.3, -0.25) is 9.59 Å². The summed E-state index contributed by atoms with van der Waals surface area (Å²) in [4.78, 5) is 22.6. The fraction of sp³-hybridized carbons (Fsp3) is 0.857. The molecule has 0 spiro atoms. The van der Waals surface area contributed by atoms with Crippen molar-refractivity contribution in [3.63, 3.8) is 0 Å². The van der Waals surface area contributed by atoms with Crippen LogP contribution in [0.2, 0.25) is 0 Å². The zero-order valence-electron chi connectivity index (χ0n) is 12.4. The molecule has 6 nitrogen and oxygen atoms in total. The smallest absolute Gasteiger partial charge is 0.309 e. The molecular weight excluding hydrogens is 260 g/mol. The second kappa shape index (κ2) is 7.04. The fourth-order valence-corrected chi connectivity index (χ4v) is 3.40. The Morgan fingerprint density at radius 3 is 2.25 bits per heavy atom. The third-order valence-electron chi connectivity index (χ3n) is 4.49. The number of carboxylic acid groups (broad SMARTS) is 1. The number of hydrogen-bond acceptors (Lipinski definition) is 4. The molecule has 0 aromatic carbocycles. The Bertz CT molecular complexity index is 357. The van der Waals surface area contributed by atoms with Crippen LogP contribution in [-0.4, -0.2) is 40.3 Å². The van der Waals surface area contributed by atoms with Crippen molar-refractivity contribution in [1.82, 2.24) is 5.32 Å². The molecule has 1 fully saturated rings. The summed E-state index contributed by atoms with van der Waals surface area (Å²) in [6.07, 6.45) is 0.918. The minimum absolute atomic E-state index is 0.178. The lowest BCUT2D eigenvalue weighted by Crippen LogP contribution is -2.52. The molecule has 116 valence electrons. The van der Waals surface area contributed by atoms with E-state index in [0.717, 1.165) is 12.8 Å². The van der Waals surface area contributed by atoms with Crippen molar-refractivity contribution in [1.29, 1.82) is 0 Å². The van der Waals surface area contributed by atoms with Crippen molar-refractivity contribution in [3.8, 4) is 0 Å². The van der Waals surface area contributed by atoms with Gasteiger partial charge < -0.3 is 21.3 Å². The van der Waals surface area contributed by atoms with Crippen molar-refractivity contribution in [2.45, 2.75) is 58.2 Å². The van der Waals surface area contributed by atoms with Crippen molar-refractivity contribution in [2.75, 3.05) is 0 Å². The molecule has 0 bridgehead atoms. The van der Waals surface area contributed by atoms with Crippen LogP contribution in [-0.2, 0) is 9.59 Å². The van der Waals surface area contributed by atoms with Crippen LogP contribution in [0.4, 0.5) is 0 Å². The lowest BCUT2D eigenvalue weighted by Gasteiger charge is -2.35. The van der Waals surface area contributed by atoms with Gasteiger partial charge in [0.25, 0.3) is 0 Å². The maximum atomic E-state index is 11.4. The lowest BCUT2D eigenvalue weighted by molar-refractivity contribution is -0.145. The van der Waals surface area contributed by atoms with Crippen LogP contribution in [0.3, 0.4) is 0 Å². The van der Waals surface area contributed by atoms with Crippen LogP contribution in [0.5, 0.6) is 0 Å². The number of amides is 1. The molecule has 0 saturated heterocycles. The van der Waals surface area contributed by atoms with Crippen LogP contribution in [0, 0.1) is 17.8 Å². The van der Waals surface area contributed by atoms with E-state index in [0.29, 0.717) is 0 Å². The monoisotopic (exact) mass is 286 g/mol. The van der Waals surface area contributed by atoms with Gasteiger partial charge in [-0.2, -0.15) is 0 Å². The first kappa shape index (κ1) is 16.9. The highest BCUT2D eigenvalue weighted by Gasteiger charge is 2.49. The topological polar surface area (TPSA) is 113 Å². The zero-order chi connectivity index (χ0) is 15.4. The Morgan fingerprint density at radius 1 is 1.35 bits per heavy atom. The molecule has 1 aliphatic carbocycles. The number of aliphatic hydroxyl groups is 1. The average molecular weight is 286 g/mol. The highest BCUT2D eigenvalue weighted by Crippen LogP contribution is 2.36. The number of carbonyl (C=O) groups is 2. The summed E-state index contributed by atoms with van der Waals surface area (Å²) in [6, 6.07) is -0.694. The van der Waals surface area contributed by atoms with Gasteiger partial charge >= 0.3 is 5.97 Å². The zero-order valence-corrected chi connectivity index (χ0v) is 12.4. The van der Waals surface area contributed by atoms with Crippen LogP contribution in [0.1, 0.15) is 40.0 Å². The number of carbonyl (C=O) groups excluding carboxylic acids is 1. The van der Waals surface area contributed by atoms with E-state index in [9.17, 15) is 14.7 Å². The minimum Gasteiger partial charge on any atom is -0.481 e. The third kappa shape index (κ3) is 3.49. The molecule has 0 aromatic rings. The molecule has 0 radical (unpaired) electrons. The molecule has 0 aliphatic heterocycles. The number of aliphatic carboxylic acids is 1. The first-order valence-electron chi connectivity index (χ1n) is 7.26. The largest absolute Gasteiger partial charge is 0.481 e. The number of aliphatic hydroxyl groups excluding tert-OH is 1. The standard InChI is InChI=1S/C14H26N2O4/c1-4-8(5-2)12(16-7(3)17)11-10(15)6-9(13(11)18)14(19)20/h8-13,18H,4-6,15H2,1-3H3,(H,16,17)(H,19,20)/t9-,10-,11-,12+,13-/m1/s1. The predicted octanol–water partition coefficient (Wildman–Crippen LogP) is 0.336. The summed E-state index contributed by atoms with van der Waals surface area (Å²) >= 11 is 0. The van der Waals surface area contributed by atoms with Gasteiger partial charge in [-0.05, 0) is 12.3 Å². The molecule has 5 N–H and O–H groups in total. The Labute approximate surface area is 119 Å². The van der Waals surface area contributed by atoms with Crippen LogP contribution in [0.25, 0.3) is 0 Å². The maximum Gasteiger partial charge on any atom is 0.309 e. The molecule has 1 aliphatic rings. The molecule has 1 saturated carbocycles. The molecular formula is C14H26N2O4. The van der Waals surface area contributed by atoms with Gasteiger partial charge in [-0.25, -0.2) is 0 Å². The first-order chi connectivity index (χ1) is 9.33. The molecule has 6 heteroatoms. The highest BCUT2D eigenvalue weighted by atomic mass is 16.4. The summed E-state index contributed by atoms with van der Waals surface area (Å²) in [5.41, 5.74) is 6.05. The lowest BCUT2D eigenvalue weighted by atomic mass is 9.80. The summed E-state index contributed by atoms with van der Waals surface area (Å²) in [5, 5.41) is 22.3. The molecule has 1 amide bonds. The summed E-state index contributed by atoms with van der Waals surface area (Å²) < 4.78 is 0. The van der Waals surface area contributed by atoms with E-state index in [4.69, 9.17) is 10.8 Å². The first-order valence-corrected chi connectivity index (χ1v) is 7.26. The second-order valence-electron chi connectivity index (χ2n) is 5.72. The van der Waals surface area contributed by atoms with Gasteiger partial charge in [0, 0.05) is 24.9 Å². The maximum absolute atomic E-state index is 11.4. The molecule has 0 heterocycles. The van der Waals surface area contributed by atoms with E-state index < -0.39 is 30.0 Å². The Hall–Kier alpha value is -1.14. The Morgan fingerprint density at radius 2 is 1.90 bits per heavy atom. The SMILES string of the molecule is CCC(CC)[C@H](NC(C)=O)[C@@H]1[C@H](O)[C@H](C(=O)O)C[C@H]1N. The van der Waals surface area contributed by atoms with E-state index >= 15 is 0 Å². The number of rotatable bonds is 6. The number of carboxylic acids is 1. The van der Waals surface area contributed by atoms with Crippen LogP contribution in [0.15, 0.2) is 0 Å². The number of hydrogen-bond donors (Lipinski definition) is 4. The second-order valence-corrected chi connectivity index (χ2v) is 5.72. The summed E-state index contributed by atoms with van der Waals surface area (Å²) in [5.74, 6) is -2.29. The van der Waals surface area contributed by atoms with Gasteiger partial charge in [-0.1, -0.05) is 26.7 Å². The molecule has 0 unspecified atom stereocenters. The predicted molar refractivity (Wildman–Crippen MR) is 74.9 cm³/mol. The van der Waals surface area contributed by atoms with Crippen molar-refractivity contribution in [3.05, 3.63) is 0 Å². The molecule has 1 rings (SSSR count). The molecule has 0 aromatic heterocycles. The van der Waals surface area contributed by atoms with Crippen molar-refractivity contribution < 1.29 is 19.8 Å². The van der Waals surface area contributed by atoms with Gasteiger partial charge in [0.15, 0.2) is 0 Å². The van der Waals surface area contributed by atoms with E-state index in [1.54, 1.807) is 0 Å². The van der Waals surface area contributed by atoms with E-state index in [2.05, 4.69) is 5.32 Å². The molecule has 5 atom stereocenters. The third-order valence-corrected chi connectivity index (χ3v) is 4.49. The highest BCUT2D eigenvalue weighted by molar-refractivity contribution is 5.74. The van der Waals surface area contributed by atoms with E-state index in [1.165, 1.54) is 6.92 Å². The summed E-state index contributed by atoms with van der Waals surface area (Å²) in [6.45, 7) is 5.46. The normalized spacial score (nSPS) is 31.3. The minimum atomic E-state index is -1.03. The van der Waals surface area contributed by atoms with Crippen LogP contribution >= 0.6 is 0 Å². The quantitative estimate of drug-likeness (QED) is 0.562. The van der Waals surface area contributed by atoms with Gasteiger partial charge in [0.1, 0.15) is 0 Å².